The summed E-state index contributed by atoms with van der Waals surface area (Å²) in [6.07, 6.45) is 3.08. The van der Waals surface area contributed by atoms with Crippen LogP contribution >= 0.6 is 12.2 Å². The second-order valence-electron chi connectivity index (χ2n) is 6.56. The van der Waals surface area contributed by atoms with Crippen LogP contribution in [0.1, 0.15) is 42.1 Å². The fraction of sp³-hybridized carbons (Fsp3) is 0.318. The van der Waals surface area contributed by atoms with Crippen molar-refractivity contribution >= 4 is 29.1 Å². The number of carbonyl (C=O) groups is 2. The average molecular weight is 430 g/mol. The number of hydrogen-bond donors (Lipinski definition) is 3. The van der Waals surface area contributed by atoms with Crippen LogP contribution in [0.15, 0.2) is 48.5 Å². The van der Waals surface area contributed by atoms with Crippen LogP contribution in [-0.4, -0.2) is 30.1 Å². The molecule has 2 aromatic rings. The molecule has 2 amide bonds. The minimum absolute atomic E-state index is 0.0370. The fourth-order valence-electron chi connectivity index (χ4n) is 2.54. The molecule has 0 radical (unpaired) electrons. The standard InChI is InChI=1S/C22H27N3O4S/c1-3-4-9-14-28-19-13-8-6-11-17(19)21(27)23-22(30)25-24-20(26)15-29-18-12-7-5-10-16(18)2/h5-8,10-13H,3-4,9,14-15H2,1-2H3,(H,24,26)(H2,23,25,27,30). The predicted octanol–water partition coefficient (Wildman–Crippen LogP) is 3.28. The average Bonchev–Trinajstić information content (AvgIpc) is 2.75. The molecule has 0 spiro atoms. The Morgan fingerprint density at radius 1 is 0.933 bits per heavy atom. The molecule has 0 fully saturated rings. The highest BCUT2D eigenvalue weighted by Gasteiger charge is 2.14. The molecule has 0 aliphatic rings. The summed E-state index contributed by atoms with van der Waals surface area (Å²) in [5, 5.41) is 2.49. The van der Waals surface area contributed by atoms with E-state index in [0.717, 1.165) is 24.8 Å². The van der Waals surface area contributed by atoms with Crippen LogP contribution in [0.25, 0.3) is 0 Å². The van der Waals surface area contributed by atoms with Gasteiger partial charge in [0.15, 0.2) is 11.7 Å². The Bertz CT molecular complexity index is 873. The first-order valence-electron chi connectivity index (χ1n) is 9.81. The monoisotopic (exact) mass is 429 g/mol. The molecule has 0 bridgehead atoms. The third-order valence-electron chi connectivity index (χ3n) is 4.13. The minimum atomic E-state index is -0.436. The zero-order chi connectivity index (χ0) is 21.8. The van der Waals surface area contributed by atoms with E-state index in [4.69, 9.17) is 21.7 Å². The predicted molar refractivity (Wildman–Crippen MR) is 119 cm³/mol. The number of hydrazine groups is 1. The Labute approximate surface area is 182 Å². The highest BCUT2D eigenvalue weighted by Crippen LogP contribution is 2.18. The number of rotatable bonds is 9. The van der Waals surface area contributed by atoms with E-state index in [1.54, 1.807) is 30.3 Å². The topological polar surface area (TPSA) is 88.7 Å². The quantitative estimate of drug-likeness (QED) is 0.322. The van der Waals surface area contributed by atoms with Crippen LogP contribution in [0.3, 0.4) is 0 Å². The van der Waals surface area contributed by atoms with Gasteiger partial charge in [0.2, 0.25) is 0 Å². The highest BCUT2D eigenvalue weighted by molar-refractivity contribution is 7.80. The number of hydrogen-bond acceptors (Lipinski definition) is 5. The first-order chi connectivity index (χ1) is 14.5. The fourth-order valence-corrected chi connectivity index (χ4v) is 2.68. The lowest BCUT2D eigenvalue weighted by atomic mass is 10.2. The van der Waals surface area contributed by atoms with Gasteiger partial charge in [-0.05, 0) is 49.3 Å². The summed E-state index contributed by atoms with van der Waals surface area (Å²) in [6, 6.07) is 14.3. The van der Waals surface area contributed by atoms with Crippen LogP contribution in [0.2, 0.25) is 0 Å². The van der Waals surface area contributed by atoms with Gasteiger partial charge in [0.1, 0.15) is 11.5 Å². The minimum Gasteiger partial charge on any atom is -0.493 e. The maximum absolute atomic E-state index is 12.5. The summed E-state index contributed by atoms with van der Waals surface area (Å²) in [7, 11) is 0. The number of ether oxygens (including phenoxy) is 2. The second kappa shape index (κ2) is 12.4. The Morgan fingerprint density at radius 3 is 2.37 bits per heavy atom. The Kier molecular flexibility index (Phi) is 9.60. The molecule has 160 valence electrons. The third kappa shape index (κ3) is 7.71. The van der Waals surface area contributed by atoms with Crippen LogP contribution in [0.4, 0.5) is 0 Å². The van der Waals surface area contributed by atoms with Crippen LogP contribution in [-0.2, 0) is 4.79 Å². The number of amides is 2. The molecular weight excluding hydrogens is 402 g/mol. The first-order valence-corrected chi connectivity index (χ1v) is 10.2. The summed E-state index contributed by atoms with van der Waals surface area (Å²) in [5.41, 5.74) is 6.18. The van der Waals surface area contributed by atoms with Gasteiger partial charge in [-0.1, -0.05) is 50.1 Å². The Hall–Kier alpha value is -3.13. The summed E-state index contributed by atoms with van der Waals surface area (Å²) >= 11 is 5.07. The van der Waals surface area contributed by atoms with E-state index in [1.807, 2.05) is 25.1 Å². The Balaban J connectivity index is 1.78. The van der Waals surface area contributed by atoms with Crippen molar-refractivity contribution < 1.29 is 19.1 Å². The van der Waals surface area contributed by atoms with E-state index in [0.29, 0.717) is 23.7 Å². The molecule has 0 aromatic heterocycles. The Morgan fingerprint density at radius 2 is 1.63 bits per heavy atom. The van der Waals surface area contributed by atoms with Gasteiger partial charge in [0, 0.05) is 0 Å². The molecule has 30 heavy (non-hydrogen) atoms. The zero-order valence-corrected chi connectivity index (χ0v) is 18.0. The molecule has 0 atom stereocenters. The van der Waals surface area contributed by atoms with Crippen molar-refractivity contribution in [2.75, 3.05) is 13.2 Å². The summed E-state index contributed by atoms with van der Waals surface area (Å²) in [6.45, 7) is 4.35. The number of thiocarbonyl (C=S) groups is 1. The third-order valence-corrected chi connectivity index (χ3v) is 4.34. The summed E-state index contributed by atoms with van der Waals surface area (Å²) < 4.78 is 11.2. The molecule has 3 N–H and O–H groups in total. The molecule has 2 rings (SSSR count). The number of aryl methyl sites for hydroxylation is 1. The molecule has 0 saturated carbocycles. The smallest absolute Gasteiger partial charge is 0.276 e. The molecule has 7 nitrogen and oxygen atoms in total. The van der Waals surface area contributed by atoms with Crippen molar-refractivity contribution in [3.05, 3.63) is 59.7 Å². The summed E-state index contributed by atoms with van der Waals surface area (Å²) in [5.74, 6) is 0.252. The van der Waals surface area contributed by atoms with E-state index in [-0.39, 0.29) is 11.7 Å². The van der Waals surface area contributed by atoms with E-state index < -0.39 is 11.8 Å². The second-order valence-corrected chi connectivity index (χ2v) is 6.97. The maximum Gasteiger partial charge on any atom is 0.276 e. The highest BCUT2D eigenvalue weighted by atomic mass is 32.1. The van der Waals surface area contributed by atoms with Crippen molar-refractivity contribution in [1.82, 2.24) is 16.2 Å². The van der Waals surface area contributed by atoms with E-state index in [2.05, 4.69) is 23.1 Å². The number of nitrogens with one attached hydrogen (secondary N) is 3. The molecule has 0 saturated heterocycles. The number of benzene rings is 2. The van der Waals surface area contributed by atoms with Crippen molar-refractivity contribution in [3.63, 3.8) is 0 Å². The lowest BCUT2D eigenvalue weighted by Gasteiger charge is -2.14. The largest absolute Gasteiger partial charge is 0.493 e. The van der Waals surface area contributed by atoms with Gasteiger partial charge < -0.3 is 9.47 Å². The van der Waals surface area contributed by atoms with E-state index in [9.17, 15) is 9.59 Å². The molecule has 0 heterocycles. The number of para-hydroxylation sites is 2. The van der Waals surface area contributed by atoms with Gasteiger partial charge in [-0.15, -0.1) is 0 Å². The van der Waals surface area contributed by atoms with E-state index >= 15 is 0 Å². The van der Waals surface area contributed by atoms with Crippen molar-refractivity contribution in [3.8, 4) is 11.5 Å². The normalized spacial score (nSPS) is 10.1. The van der Waals surface area contributed by atoms with Crippen LogP contribution in [0.5, 0.6) is 11.5 Å². The molecule has 8 heteroatoms. The number of carbonyl (C=O) groups excluding carboxylic acids is 2. The lowest BCUT2D eigenvalue weighted by Crippen LogP contribution is -2.49. The van der Waals surface area contributed by atoms with Crippen molar-refractivity contribution in [2.24, 2.45) is 0 Å². The lowest BCUT2D eigenvalue weighted by molar-refractivity contribution is -0.123. The number of unbranched alkanes of at least 4 members (excludes halogenated alkanes) is 2. The van der Waals surface area contributed by atoms with E-state index in [1.165, 1.54) is 0 Å². The van der Waals surface area contributed by atoms with Gasteiger partial charge in [-0.3, -0.25) is 25.8 Å². The summed E-state index contributed by atoms with van der Waals surface area (Å²) in [4.78, 5) is 24.4. The molecule has 0 unspecified atom stereocenters. The zero-order valence-electron chi connectivity index (χ0n) is 17.2. The molecular formula is C22H27N3O4S. The van der Waals surface area contributed by atoms with Gasteiger partial charge in [-0.2, -0.15) is 0 Å². The SMILES string of the molecule is CCCCCOc1ccccc1C(=O)NC(=S)NNC(=O)COc1ccccc1C. The molecule has 0 aliphatic heterocycles. The van der Waals surface area contributed by atoms with Gasteiger partial charge in [0.05, 0.1) is 12.2 Å². The van der Waals surface area contributed by atoms with Crippen LogP contribution < -0.4 is 25.6 Å². The van der Waals surface area contributed by atoms with Gasteiger partial charge in [-0.25, -0.2) is 0 Å². The van der Waals surface area contributed by atoms with Crippen molar-refractivity contribution in [1.29, 1.82) is 0 Å². The molecule has 2 aromatic carbocycles. The first kappa shape index (κ1) is 23.2. The maximum atomic E-state index is 12.5. The van der Waals surface area contributed by atoms with Crippen LogP contribution in [0, 0.1) is 6.92 Å². The van der Waals surface area contributed by atoms with Gasteiger partial charge in [0.25, 0.3) is 11.8 Å². The molecule has 0 aliphatic carbocycles. The van der Waals surface area contributed by atoms with Crippen molar-refractivity contribution in [2.45, 2.75) is 33.1 Å². The van der Waals surface area contributed by atoms with Gasteiger partial charge >= 0.3 is 0 Å².